The highest BCUT2D eigenvalue weighted by atomic mass is 28.3. The van der Waals surface area contributed by atoms with Crippen molar-refractivity contribution in [2.24, 2.45) is 5.92 Å². The Hall–Kier alpha value is -1.35. The Balaban J connectivity index is 1.88. The molecule has 1 aliphatic carbocycles. The molecule has 0 aromatic heterocycles. The highest BCUT2D eigenvalue weighted by molar-refractivity contribution is 6.81. The smallest absolute Gasteiger partial charge is 0.254 e. The van der Waals surface area contributed by atoms with Gasteiger partial charge in [-0.05, 0) is 43.7 Å². The first kappa shape index (κ1) is 15.5. The predicted octanol–water partition coefficient (Wildman–Crippen LogP) is 4.51. The standard InChI is InChI=1S/C19H27NOSi/c1-22(2,3)14-17-10-9-15-11-12-20(18(17)13-15)19(21)16-7-5-4-6-8-16/h4-8,14-15,18H,9-13H2,1-3H3/t15-,18+/m1/s1. The number of fused-ring (bicyclic) bond motifs is 2. The molecule has 3 rings (SSSR count). The summed E-state index contributed by atoms with van der Waals surface area (Å²) in [5.41, 5.74) is 4.92. The van der Waals surface area contributed by atoms with Crippen LogP contribution in [0.3, 0.4) is 0 Å². The third-order valence-electron chi connectivity index (χ3n) is 4.88. The number of carbonyl (C=O) groups is 1. The second-order valence-electron chi connectivity index (χ2n) is 7.89. The predicted molar refractivity (Wildman–Crippen MR) is 94.7 cm³/mol. The fraction of sp³-hybridized carbons (Fsp3) is 0.526. The zero-order valence-corrected chi connectivity index (χ0v) is 15.0. The maximum absolute atomic E-state index is 12.9. The summed E-state index contributed by atoms with van der Waals surface area (Å²) in [4.78, 5) is 15.1. The number of nitrogens with zero attached hydrogens (tertiary/aromatic N) is 1. The van der Waals surface area contributed by atoms with E-state index in [2.05, 4.69) is 30.2 Å². The third kappa shape index (κ3) is 3.35. The first-order valence-electron chi connectivity index (χ1n) is 8.52. The molecule has 1 saturated carbocycles. The summed E-state index contributed by atoms with van der Waals surface area (Å²) in [5.74, 6) is 1.04. The molecule has 2 nitrogen and oxygen atoms in total. The van der Waals surface area contributed by atoms with Crippen molar-refractivity contribution in [3.8, 4) is 0 Å². The van der Waals surface area contributed by atoms with Gasteiger partial charge in [0, 0.05) is 12.1 Å². The van der Waals surface area contributed by atoms with Gasteiger partial charge in [-0.15, -0.1) is 0 Å². The van der Waals surface area contributed by atoms with Crippen LogP contribution in [-0.2, 0) is 0 Å². The summed E-state index contributed by atoms with van der Waals surface area (Å²) in [6.45, 7) is 8.08. The maximum atomic E-state index is 12.9. The van der Waals surface area contributed by atoms with Crippen LogP contribution in [0.2, 0.25) is 19.6 Å². The normalized spacial score (nSPS) is 27.0. The van der Waals surface area contributed by atoms with Crippen LogP contribution < -0.4 is 0 Å². The van der Waals surface area contributed by atoms with Gasteiger partial charge in [0.2, 0.25) is 0 Å². The van der Waals surface area contributed by atoms with Gasteiger partial charge in [-0.2, -0.15) is 0 Å². The van der Waals surface area contributed by atoms with Crippen LogP contribution in [0.15, 0.2) is 41.6 Å². The van der Waals surface area contributed by atoms with Crippen LogP contribution in [0, 0.1) is 5.92 Å². The topological polar surface area (TPSA) is 20.3 Å². The molecule has 0 unspecified atom stereocenters. The van der Waals surface area contributed by atoms with Gasteiger partial charge in [0.1, 0.15) is 0 Å². The summed E-state index contributed by atoms with van der Waals surface area (Å²) < 4.78 is 0. The molecule has 2 bridgehead atoms. The minimum Gasteiger partial charge on any atom is -0.332 e. The third-order valence-corrected chi connectivity index (χ3v) is 6.12. The summed E-state index contributed by atoms with van der Waals surface area (Å²) in [5, 5.41) is 0. The van der Waals surface area contributed by atoms with Crippen molar-refractivity contribution < 1.29 is 4.79 Å². The molecule has 3 heteroatoms. The summed E-state index contributed by atoms with van der Waals surface area (Å²) in [6, 6.07) is 10.1. The molecule has 2 fully saturated rings. The molecular weight excluding hydrogens is 286 g/mol. The highest BCUT2D eigenvalue weighted by Crippen LogP contribution is 2.39. The van der Waals surface area contributed by atoms with E-state index in [1.54, 1.807) is 5.57 Å². The lowest BCUT2D eigenvalue weighted by molar-refractivity contribution is 0.0549. The summed E-state index contributed by atoms with van der Waals surface area (Å²) in [6.07, 6.45) is 4.86. The average molecular weight is 314 g/mol. The van der Waals surface area contributed by atoms with Crippen molar-refractivity contribution in [3.63, 3.8) is 0 Å². The highest BCUT2D eigenvalue weighted by Gasteiger charge is 2.37. The Morgan fingerprint density at radius 2 is 1.91 bits per heavy atom. The first-order valence-corrected chi connectivity index (χ1v) is 12.1. The van der Waals surface area contributed by atoms with Gasteiger partial charge < -0.3 is 4.90 Å². The van der Waals surface area contributed by atoms with Gasteiger partial charge in [0.05, 0.1) is 14.1 Å². The lowest BCUT2D eigenvalue weighted by atomic mass is 9.77. The van der Waals surface area contributed by atoms with E-state index >= 15 is 0 Å². The lowest BCUT2D eigenvalue weighted by Gasteiger charge is -2.45. The number of piperidine rings is 1. The van der Waals surface area contributed by atoms with Crippen molar-refractivity contribution in [2.75, 3.05) is 6.54 Å². The van der Waals surface area contributed by atoms with E-state index in [4.69, 9.17) is 0 Å². The molecule has 1 saturated heterocycles. The number of carbonyl (C=O) groups excluding carboxylic acids is 1. The zero-order chi connectivity index (χ0) is 15.7. The van der Waals surface area contributed by atoms with E-state index < -0.39 is 8.07 Å². The molecule has 118 valence electrons. The molecule has 1 amide bonds. The van der Waals surface area contributed by atoms with E-state index in [1.165, 1.54) is 25.7 Å². The Kier molecular flexibility index (Phi) is 4.26. The minimum atomic E-state index is -1.24. The number of hydrogen-bond acceptors (Lipinski definition) is 1. The van der Waals surface area contributed by atoms with Crippen molar-refractivity contribution in [2.45, 2.75) is 51.4 Å². The van der Waals surface area contributed by atoms with Crippen molar-refractivity contribution >= 4 is 14.0 Å². The molecule has 2 aliphatic rings. The molecule has 1 aliphatic heterocycles. The largest absolute Gasteiger partial charge is 0.332 e. The number of hydrogen-bond donors (Lipinski definition) is 0. The van der Waals surface area contributed by atoms with Crippen molar-refractivity contribution in [1.29, 1.82) is 0 Å². The molecular formula is C19H27NOSi. The molecule has 2 atom stereocenters. The Morgan fingerprint density at radius 1 is 1.18 bits per heavy atom. The quantitative estimate of drug-likeness (QED) is 0.736. The molecule has 0 radical (unpaired) electrons. The Labute approximate surface area is 135 Å². The van der Waals surface area contributed by atoms with Gasteiger partial charge in [0.25, 0.3) is 5.91 Å². The molecule has 1 aromatic rings. The van der Waals surface area contributed by atoms with Crippen LogP contribution >= 0.6 is 0 Å². The van der Waals surface area contributed by atoms with Crippen LogP contribution in [0.25, 0.3) is 0 Å². The van der Waals surface area contributed by atoms with Gasteiger partial charge in [-0.25, -0.2) is 0 Å². The van der Waals surface area contributed by atoms with Gasteiger partial charge in [-0.3, -0.25) is 4.79 Å². The molecule has 0 N–H and O–H groups in total. The Bertz CT molecular complexity index is 573. The molecule has 0 spiro atoms. The second-order valence-corrected chi connectivity index (χ2v) is 12.9. The monoisotopic (exact) mass is 313 g/mol. The van der Waals surface area contributed by atoms with E-state index in [-0.39, 0.29) is 5.91 Å². The van der Waals surface area contributed by atoms with Crippen molar-refractivity contribution in [1.82, 2.24) is 4.90 Å². The summed E-state index contributed by atoms with van der Waals surface area (Å²) in [7, 11) is -1.24. The second kappa shape index (κ2) is 6.03. The first-order chi connectivity index (χ1) is 10.4. The zero-order valence-electron chi connectivity index (χ0n) is 14.0. The SMILES string of the molecule is C[Si](C)(C)C=C1CC[C@@H]2CCN(C(=O)c3ccccc3)[C@H]1C2. The molecule has 1 heterocycles. The average Bonchev–Trinajstić information content (AvgIpc) is 2.50. The van der Waals surface area contributed by atoms with Crippen LogP contribution in [0.1, 0.15) is 36.0 Å². The number of rotatable bonds is 2. The van der Waals surface area contributed by atoms with Gasteiger partial charge >= 0.3 is 0 Å². The van der Waals surface area contributed by atoms with Gasteiger partial charge in [-0.1, -0.05) is 49.1 Å². The van der Waals surface area contributed by atoms with E-state index in [1.807, 2.05) is 30.3 Å². The Morgan fingerprint density at radius 3 is 2.59 bits per heavy atom. The minimum absolute atomic E-state index is 0.215. The van der Waals surface area contributed by atoms with Gasteiger partial charge in [0.15, 0.2) is 0 Å². The molecule has 1 aromatic carbocycles. The van der Waals surface area contributed by atoms with Crippen LogP contribution in [-0.4, -0.2) is 31.5 Å². The van der Waals surface area contributed by atoms with Crippen LogP contribution in [0.5, 0.6) is 0 Å². The lowest BCUT2D eigenvalue weighted by Crippen LogP contribution is -2.49. The van der Waals surface area contributed by atoms with E-state index in [0.717, 1.165) is 18.0 Å². The maximum Gasteiger partial charge on any atom is 0.254 e. The van der Waals surface area contributed by atoms with Crippen LogP contribution in [0.4, 0.5) is 0 Å². The fourth-order valence-corrected chi connectivity index (χ4v) is 5.35. The fourth-order valence-electron chi connectivity index (χ4n) is 3.90. The number of benzene rings is 1. The molecule has 22 heavy (non-hydrogen) atoms. The van der Waals surface area contributed by atoms with E-state index in [9.17, 15) is 4.79 Å². The van der Waals surface area contributed by atoms with E-state index in [0.29, 0.717) is 6.04 Å². The number of likely N-dealkylation sites (tertiary alicyclic amines) is 1. The summed E-state index contributed by atoms with van der Waals surface area (Å²) >= 11 is 0. The number of amides is 1. The van der Waals surface area contributed by atoms with Crippen molar-refractivity contribution in [3.05, 3.63) is 47.2 Å².